The van der Waals surface area contributed by atoms with E-state index in [2.05, 4.69) is 15.3 Å². The van der Waals surface area contributed by atoms with Gasteiger partial charge in [-0.3, -0.25) is 4.79 Å². The summed E-state index contributed by atoms with van der Waals surface area (Å²) >= 11 is 0. The van der Waals surface area contributed by atoms with E-state index in [1.54, 1.807) is 0 Å². The van der Waals surface area contributed by atoms with Crippen LogP contribution in [-0.2, 0) is 9.53 Å². The Balaban J connectivity index is 2.02. The summed E-state index contributed by atoms with van der Waals surface area (Å²) in [5.41, 5.74) is -0.178. The van der Waals surface area contributed by atoms with Crippen molar-refractivity contribution in [2.45, 2.75) is 32.6 Å². The largest absolute Gasteiger partial charge is 0.466 e. The van der Waals surface area contributed by atoms with E-state index in [1.165, 1.54) is 12.4 Å². The quantitative estimate of drug-likeness (QED) is 0.825. The number of carbonyl (C=O) groups excluding carboxylic acids is 1. The second kappa shape index (κ2) is 6.33. The molecule has 0 aliphatic heterocycles. The minimum absolute atomic E-state index is 0.133. The third-order valence-corrected chi connectivity index (χ3v) is 3.64. The summed E-state index contributed by atoms with van der Waals surface area (Å²) in [6, 6.07) is 1.92. The molecule has 1 aromatic rings. The number of aromatic nitrogens is 2. The molecule has 1 aromatic heterocycles. The molecule has 0 radical (unpaired) electrons. The average Bonchev–Trinajstić information content (AvgIpc) is 2.96. The summed E-state index contributed by atoms with van der Waals surface area (Å²) in [6.07, 6.45) is 6.67. The van der Waals surface area contributed by atoms with E-state index < -0.39 is 5.41 Å². The van der Waals surface area contributed by atoms with E-state index in [9.17, 15) is 4.79 Å². The Morgan fingerprint density at radius 3 is 2.75 bits per heavy atom. The fourth-order valence-electron chi connectivity index (χ4n) is 2.53. The van der Waals surface area contributed by atoms with Crippen molar-refractivity contribution < 1.29 is 9.53 Å². The van der Waals surface area contributed by atoms with Crippen LogP contribution < -0.4 is 5.32 Å². The predicted octanol–water partition coefficient (Wildman–Crippen LogP) is 1.88. The first-order valence-electron chi connectivity index (χ1n) is 6.83. The molecule has 2 rings (SSSR count). The fourth-order valence-corrected chi connectivity index (χ4v) is 2.53. The molecule has 1 heterocycles. The van der Waals surface area contributed by atoms with Crippen molar-refractivity contribution in [1.82, 2.24) is 9.97 Å². The van der Waals surface area contributed by atoms with Crippen molar-refractivity contribution in [3.8, 4) is 6.07 Å². The summed E-state index contributed by atoms with van der Waals surface area (Å²) in [5.74, 6) is 0.436. The zero-order chi connectivity index (χ0) is 14.4. The lowest BCUT2D eigenvalue weighted by atomic mass is 9.86. The lowest BCUT2D eigenvalue weighted by Gasteiger charge is -2.26. The second-order valence-corrected chi connectivity index (χ2v) is 4.96. The number of hydrogen-bond acceptors (Lipinski definition) is 6. The monoisotopic (exact) mass is 274 g/mol. The normalized spacial score (nSPS) is 16.4. The number of nitriles is 1. The summed E-state index contributed by atoms with van der Waals surface area (Å²) in [5, 5.41) is 11.8. The number of anilines is 1. The van der Waals surface area contributed by atoms with Crippen molar-refractivity contribution in [3.63, 3.8) is 0 Å². The summed E-state index contributed by atoms with van der Waals surface area (Å²) in [7, 11) is 0. The van der Waals surface area contributed by atoms with Crippen LogP contribution in [0.3, 0.4) is 0 Å². The van der Waals surface area contributed by atoms with Gasteiger partial charge in [-0.25, -0.2) is 9.97 Å². The number of ether oxygens (including phenoxy) is 1. The van der Waals surface area contributed by atoms with Crippen LogP contribution in [0, 0.1) is 16.7 Å². The Hall–Kier alpha value is -2.16. The van der Waals surface area contributed by atoms with Crippen LogP contribution in [0.25, 0.3) is 0 Å². The Morgan fingerprint density at radius 2 is 2.20 bits per heavy atom. The zero-order valence-electron chi connectivity index (χ0n) is 11.6. The van der Waals surface area contributed by atoms with Crippen LogP contribution in [0.15, 0.2) is 12.4 Å². The fraction of sp³-hybridized carbons (Fsp3) is 0.571. The molecule has 6 heteroatoms. The molecule has 1 aliphatic rings. The van der Waals surface area contributed by atoms with E-state index in [1.807, 2.05) is 13.0 Å². The molecule has 0 unspecified atom stereocenters. The highest BCUT2D eigenvalue weighted by atomic mass is 16.5. The van der Waals surface area contributed by atoms with E-state index in [4.69, 9.17) is 10.00 Å². The molecule has 6 nitrogen and oxygen atoms in total. The van der Waals surface area contributed by atoms with Crippen LogP contribution in [0.1, 0.15) is 38.3 Å². The van der Waals surface area contributed by atoms with Gasteiger partial charge in [0, 0.05) is 6.54 Å². The topological polar surface area (TPSA) is 87.9 Å². The maximum Gasteiger partial charge on any atom is 0.313 e. The van der Waals surface area contributed by atoms with Gasteiger partial charge in [-0.05, 0) is 19.8 Å². The van der Waals surface area contributed by atoms with Crippen molar-refractivity contribution in [2.24, 2.45) is 5.41 Å². The number of hydrogen-bond donors (Lipinski definition) is 1. The van der Waals surface area contributed by atoms with Crippen LogP contribution >= 0.6 is 0 Å². The van der Waals surface area contributed by atoms with Gasteiger partial charge in [0.05, 0.1) is 24.4 Å². The molecule has 106 valence electrons. The van der Waals surface area contributed by atoms with Crippen molar-refractivity contribution in [2.75, 3.05) is 18.5 Å². The second-order valence-electron chi connectivity index (χ2n) is 4.96. The van der Waals surface area contributed by atoms with E-state index in [-0.39, 0.29) is 11.7 Å². The first kappa shape index (κ1) is 14.3. The minimum Gasteiger partial charge on any atom is -0.466 e. The first-order chi connectivity index (χ1) is 9.70. The molecule has 0 saturated heterocycles. The van der Waals surface area contributed by atoms with Crippen LogP contribution in [0.2, 0.25) is 0 Å². The molecule has 1 aliphatic carbocycles. The smallest absolute Gasteiger partial charge is 0.313 e. The number of nitrogens with one attached hydrogen (secondary N) is 1. The highest BCUT2D eigenvalue weighted by molar-refractivity contribution is 5.78. The molecule has 1 N–H and O–H groups in total. The summed E-state index contributed by atoms with van der Waals surface area (Å²) in [6.45, 7) is 2.71. The van der Waals surface area contributed by atoms with Crippen molar-refractivity contribution in [1.29, 1.82) is 5.26 Å². The van der Waals surface area contributed by atoms with Gasteiger partial charge in [-0.15, -0.1) is 0 Å². The highest BCUT2D eigenvalue weighted by Crippen LogP contribution is 2.39. The summed E-state index contributed by atoms with van der Waals surface area (Å²) < 4.78 is 5.20. The first-order valence-corrected chi connectivity index (χ1v) is 6.83. The standard InChI is InChI=1S/C14H18N4O2/c1-2-20-13(19)14(5-3-4-6-14)10-18-12-9-16-11(7-15)8-17-12/h8-9H,2-6,10H2,1H3,(H,17,18). The molecule has 1 fully saturated rings. The molecule has 0 aromatic carbocycles. The van der Waals surface area contributed by atoms with Gasteiger partial charge in [-0.1, -0.05) is 12.8 Å². The van der Waals surface area contributed by atoms with Gasteiger partial charge in [0.15, 0.2) is 5.69 Å². The van der Waals surface area contributed by atoms with Crippen LogP contribution in [0.5, 0.6) is 0 Å². The molecular formula is C14H18N4O2. The SMILES string of the molecule is CCOC(=O)C1(CNc2cnc(C#N)cn2)CCCC1. The average molecular weight is 274 g/mol. The van der Waals surface area contributed by atoms with E-state index in [0.717, 1.165) is 25.7 Å². The number of carbonyl (C=O) groups is 1. The Kier molecular flexibility index (Phi) is 4.51. The van der Waals surface area contributed by atoms with Crippen molar-refractivity contribution >= 4 is 11.8 Å². The molecule has 1 saturated carbocycles. The molecule has 0 spiro atoms. The Morgan fingerprint density at radius 1 is 1.45 bits per heavy atom. The van der Waals surface area contributed by atoms with Gasteiger partial charge in [-0.2, -0.15) is 5.26 Å². The third-order valence-electron chi connectivity index (χ3n) is 3.64. The maximum atomic E-state index is 12.1. The van der Waals surface area contributed by atoms with E-state index >= 15 is 0 Å². The van der Waals surface area contributed by atoms with Crippen molar-refractivity contribution in [3.05, 3.63) is 18.1 Å². The predicted molar refractivity (Wildman–Crippen MR) is 72.8 cm³/mol. The zero-order valence-corrected chi connectivity index (χ0v) is 11.6. The van der Waals surface area contributed by atoms with Gasteiger partial charge >= 0.3 is 5.97 Å². The molecule has 0 amide bonds. The Bertz CT molecular complexity index is 501. The number of esters is 1. The third kappa shape index (κ3) is 3.05. The highest BCUT2D eigenvalue weighted by Gasteiger charge is 2.42. The van der Waals surface area contributed by atoms with Gasteiger partial charge in [0.1, 0.15) is 11.9 Å². The summed E-state index contributed by atoms with van der Waals surface area (Å²) in [4.78, 5) is 20.2. The lowest BCUT2D eigenvalue weighted by Crippen LogP contribution is -2.37. The minimum atomic E-state index is -0.453. The maximum absolute atomic E-state index is 12.1. The number of rotatable bonds is 5. The molecular weight excluding hydrogens is 256 g/mol. The van der Waals surface area contributed by atoms with Gasteiger partial charge in [0.2, 0.25) is 0 Å². The van der Waals surface area contributed by atoms with Gasteiger partial charge < -0.3 is 10.1 Å². The Labute approximate surface area is 118 Å². The molecule has 20 heavy (non-hydrogen) atoms. The van der Waals surface area contributed by atoms with Crippen LogP contribution in [-0.4, -0.2) is 29.1 Å². The van der Waals surface area contributed by atoms with Crippen LogP contribution in [0.4, 0.5) is 5.82 Å². The lowest BCUT2D eigenvalue weighted by molar-refractivity contribution is -0.154. The molecule has 0 atom stereocenters. The van der Waals surface area contributed by atoms with Gasteiger partial charge in [0.25, 0.3) is 0 Å². The molecule has 0 bridgehead atoms. The van der Waals surface area contributed by atoms with E-state index in [0.29, 0.717) is 19.0 Å². The number of nitrogens with zero attached hydrogens (tertiary/aromatic N) is 3.